The van der Waals surface area contributed by atoms with E-state index < -0.39 is 0 Å². The summed E-state index contributed by atoms with van der Waals surface area (Å²) in [5, 5.41) is 0. The lowest BCUT2D eigenvalue weighted by atomic mass is 10.4. The second-order valence-corrected chi connectivity index (χ2v) is 4.97. The standard InChI is InChI=1S/C10H14ClN3S/c11-6-9-7-12-10(13-8-9)14-2-1-4-15-5-3-14/h7-8H,1-6H2. The number of nitrogens with zero attached hydrogens (tertiary/aromatic N) is 3. The van der Waals surface area contributed by atoms with Crippen LogP contribution in [0.25, 0.3) is 0 Å². The highest BCUT2D eigenvalue weighted by Crippen LogP contribution is 2.15. The molecule has 0 atom stereocenters. The van der Waals surface area contributed by atoms with Crippen molar-refractivity contribution in [2.75, 3.05) is 29.5 Å². The highest BCUT2D eigenvalue weighted by molar-refractivity contribution is 7.99. The molecule has 5 heteroatoms. The van der Waals surface area contributed by atoms with E-state index in [-0.39, 0.29) is 0 Å². The molecule has 2 heterocycles. The number of anilines is 1. The summed E-state index contributed by atoms with van der Waals surface area (Å²) >= 11 is 7.70. The number of aromatic nitrogens is 2. The van der Waals surface area contributed by atoms with Crippen molar-refractivity contribution in [3.05, 3.63) is 18.0 Å². The molecule has 1 saturated heterocycles. The number of rotatable bonds is 2. The zero-order chi connectivity index (χ0) is 10.5. The van der Waals surface area contributed by atoms with E-state index in [2.05, 4.69) is 14.9 Å². The molecule has 82 valence electrons. The Kier molecular flexibility index (Phi) is 4.09. The van der Waals surface area contributed by atoms with Gasteiger partial charge in [-0.15, -0.1) is 11.6 Å². The van der Waals surface area contributed by atoms with Crippen LogP contribution in [-0.4, -0.2) is 34.6 Å². The smallest absolute Gasteiger partial charge is 0.225 e. The molecule has 1 aromatic rings. The van der Waals surface area contributed by atoms with Gasteiger partial charge in [-0.1, -0.05) is 0 Å². The molecule has 15 heavy (non-hydrogen) atoms. The molecule has 0 radical (unpaired) electrons. The SMILES string of the molecule is ClCc1cnc(N2CCCSCC2)nc1. The molecule has 1 aromatic heterocycles. The van der Waals surface area contributed by atoms with Gasteiger partial charge in [0.25, 0.3) is 0 Å². The van der Waals surface area contributed by atoms with Gasteiger partial charge in [-0.3, -0.25) is 0 Å². The fourth-order valence-electron chi connectivity index (χ4n) is 1.53. The number of hydrogen-bond donors (Lipinski definition) is 0. The van der Waals surface area contributed by atoms with Crippen LogP contribution in [-0.2, 0) is 5.88 Å². The number of alkyl halides is 1. The second kappa shape index (κ2) is 5.56. The van der Waals surface area contributed by atoms with Crippen LogP contribution in [0.2, 0.25) is 0 Å². The van der Waals surface area contributed by atoms with Crippen LogP contribution in [0.1, 0.15) is 12.0 Å². The van der Waals surface area contributed by atoms with E-state index in [9.17, 15) is 0 Å². The molecule has 0 saturated carbocycles. The lowest BCUT2D eigenvalue weighted by Gasteiger charge is -2.19. The third kappa shape index (κ3) is 2.98. The fourth-order valence-corrected chi connectivity index (χ4v) is 2.55. The van der Waals surface area contributed by atoms with Crippen molar-refractivity contribution in [2.24, 2.45) is 0 Å². The summed E-state index contributed by atoms with van der Waals surface area (Å²) in [5.74, 6) is 3.74. The van der Waals surface area contributed by atoms with Crippen LogP contribution >= 0.6 is 23.4 Å². The van der Waals surface area contributed by atoms with Gasteiger partial charge in [-0.05, 0) is 12.2 Å². The molecule has 2 rings (SSSR count). The second-order valence-electron chi connectivity index (χ2n) is 3.48. The first-order valence-corrected chi connectivity index (χ1v) is 6.78. The first-order chi connectivity index (χ1) is 7.40. The van der Waals surface area contributed by atoms with E-state index in [4.69, 9.17) is 11.6 Å². The quantitative estimate of drug-likeness (QED) is 0.745. The first kappa shape index (κ1) is 11.0. The molecule has 0 aliphatic carbocycles. The summed E-state index contributed by atoms with van der Waals surface area (Å²) in [6.07, 6.45) is 4.84. The molecular weight excluding hydrogens is 230 g/mol. The molecular formula is C10H14ClN3S. The Morgan fingerprint density at radius 3 is 2.80 bits per heavy atom. The van der Waals surface area contributed by atoms with Gasteiger partial charge in [-0.2, -0.15) is 11.8 Å². The maximum atomic E-state index is 5.69. The van der Waals surface area contributed by atoms with E-state index in [0.717, 1.165) is 24.6 Å². The normalized spacial score (nSPS) is 17.5. The lowest BCUT2D eigenvalue weighted by Crippen LogP contribution is -2.27. The van der Waals surface area contributed by atoms with Gasteiger partial charge >= 0.3 is 0 Å². The minimum Gasteiger partial charge on any atom is -0.340 e. The average molecular weight is 244 g/mol. The van der Waals surface area contributed by atoms with Crippen LogP contribution in [0.3, 0.4) is 0 Å². The lowest BCUT2D eigenvalue weighted by molar-refractivity contribution is 0.781. The van der Waals surface area contributed by atoms with E-state index in [1.165, 1.54) is 17.9 Å². The van der Waals surface area contributed by atoms with Crippen molar-refractivity contribution in [1.82, 2.24) is 9.97 Å². The summed E-state index contributed by atoms with van der Waals surface area (Å²) in [7, 11) is 0. The van der Waals surface area contributed by atoms with E-state index in [1.807, 2.05) is 24.2 Å². The van der Waals surface area contributed by atoms with Crippen LogP contribution in [0.15, 0.2) is 12.4 Å². The molecule has 0 spiro atoms. The van der Waals surface area contributed by atoms with E-state index in [1.54, 1.807) is 0 Å². The van der Waals surface area contributed by atoms with Crippen molar-refractivity contribution in [3.8, 4) is 0 Å². The van der Waals surface area contributed by atoms with Crippen LogP contribution < -0.4 is 4.90 Å². The Morgan fingerprint density at radius 2 is 2.07 bits per heavy atom. The minimum atomic E-state index is 0.482. The monoisotopic (exact) mass is 243 g/mol. The molecule has 0 bridgehead atoms. The Bertz CT molecular complexity index is 296. The van der Waals surface area contributed by atoms with Gasteiger partial charge in [0, 0.05) is 36.8 Å². The molecule has 0 aromatic carbocycles. The zero-order valence-corrected chi connectivity index (χ0v) is 10.1. The summed E-state index contributed by atoms with van der Waals surface area (Å²) in [5.41, 5.74) is 0.976. The number of halogens is 1. The average Bonchev–Trinajstić information content (AvgIpc) is 2.58. The van der Waals surface area contributed by atoms with E-state index in [0.29, 0.717) is 5.88 Å². The van der Waals surface area contributed by atoms with Gasteiger partial charge in [0.15, 0.2) is 0 Å². The van der Waals surface area contributed by atoms with Crippen molar-refractivity contribution >= 4 is 29.3 Å². The van der Waals surface area contributed by atoms with E-state index >= 15 is 0 Å². The van der Waals surface area contributed by atoms with Gasteiger partial charge in [-0.25, -0.2) is 9.97 Å². The topological polar surface area (TPSA) is 29.0 Å². The largest absolute Gasteiger partial charge is 0.340 e. The third-order valence-electron chi connectivity index (χ3n) is 2.35. The zero-order valence-electron chi connectivity index (χ0n) is 8.53. The van der Waals surface area contributed by atoms with Crippen LogP contribution in [0.5, 0.6) is 0 Å². The predicted octanol–water partition coefficient (Wildman–Crippen LogP) is 2.16. The van der Waals surface area contributed by atoms with Gasteiger partial charge in [0.1, 0.15) is 0 Å². The Labute approximate surface area is 99.2 Å². The predicted molar refractivity (Wildman–Crippen MR) is 65.7 cm³/mol. The first-order valence-electron chi connectivity index (χ1n) is 5.10. The molecule has 3 nitrogen and oxygen atoms in total. The fraction of sp³-hybridized carbons (Fsp3) is 0.600. The molecule has 0 unspecified atom stereocenters. The molecule has 1 aliphatic rings. The molecule has 1 fully saturated rings. The Hall–Kier alpha value is -0.480. The molecule has 0 amide bonds. The van der Waals surface area contributed by atoms with Gasteiger partial charge in [0.2, 0.25) is 5.95 Å². The minimum absolute atomic E-state index is 0.482. The van der Waals surface area contributed by atoms with Crippen molar-refractivity contribution in [1.29, 1.82) is 0 Å². The number of hydrogen-bond acceptors (Lipinski definition) is 4. The maximum Gasteiger partial charge on any atom is 0.225 e. The maximum absolute atomic E-state index is 5.69. The number of thioether (sulfide) groups is 1. The summed E-state index contributed by atoms with van der Waals surface area (Å²) in [6, 6.07) is 0. The van der Waals surface area contributed by atoms with Crippen LogP contribution in [0.4, 0.5) is 5.95 Å². The molecule has 1 aliphatic heterocycles. The Balaban J connectivity index is 2.06. The summed E-state index contributed by atoms with van der Waals surface area (Å²) < 4.78 is 0. The van der Waals surface area contributed by atoms with Crippen molar-refractivity contribution < 1.29 is 0 Å². The molecule has 0 N–H and O–H groups in total. The van der Waals surface area contributed by atoms with Gasteiger partial charge < -0.3 is 4.90 Å². The van der Waals surface area contributed by atoms with Crippen LogP contribution in [0, 0.1) is 0 Å². The van der Waals surface area contributed by atoms with Crippen molar-refractivity contribution in [2.45, 2.75) is 12.3 Å². The van der Waals surface area contributed by atoms with Gasteiger partial charge in [0.05, 0.1) is 5.88 Å². The summed E-state index contributed by atoms with van der Waals surface area (Å²) in [6.45, 7) is 2.11. The highest BCUT2D eigenvalue weighted by atomic mass is 35.5. The third-order valence-corrected chi connectivity index (χ3v) is 3.71. The highest BCUT2D eigenvalue weighted by Gasteiger charge is 2.11. The Morgan fingerprint density at radius 1 is 1.27 bits per heavy atom. The van der Waals surface area contributed by atoms with Crippen molar-refractivity contribution in [3.63, 3.8) is 0 Å². The summed E-state index contributed by atoms with van der Waals surface area (Å²) in [4.78, 5) is 10.9.